The van der Waals surface area contributed by atoms with Crippen molar-refractivity contribution in [1.82, 2.24) is 10.4 Å². The molecular weight excluding hydrogens is 316 g/mol. The molecule has 2 rings (SSSR count). The Hall–Kier alpha value is -3.07. The number of nitro benzene ring substituents is 1. The molecule has 0 aliphatic heterocycles. The number of rotatable bonds is 6. The molecule has 0 spiro atoms. The van der Waals surface area contributed by atoms with Crippen LogP contribution in [0.1, 0.15) is 11.1 Å². The number of hydrazone groups is 1. The molecule has 0 saturated carbocycles. The van der Waals surface area contributed by atoms with Gasteiger partial charge in [0.15, 0.2) is 5.11 Å². The van der Waals surface area contributed by atoms with Gasteiger partial charge in [-0.25, -0.2) is 0 Å². The van der Waals surface area contributed by atoms with Crippen molar-refractivity contribution in [2.45, 2.75) is 6.54 Å². The van der Waals surface area contributed by atoms with Crippen LogP contribution in [0.5, 0.6) is 0 Å². The van der Waals surface area contributed by atoms with Crippen molar-refractivity contribution in [1.29, 1.82) is 0 Å². The predicted molar refractivity (Wildman–Crippen MR) is 92.2 cm³/mol. The molecular formula is C14H14N6O2S. The van der Waals surface area contributed by atoms with E-state index in [4.69, 9.17) is 5.73 Å². The highest BCUT2D eigenvalue weighted by atomic mass is 32.1. The minimum absolute atomic E-state index is 0.0198. The number of pyridine rings is 1. The van der Waals surface area contributed by atoms with Gasteiger partial charge in [0.2, 0.25) is 0 Å². The summed E-state index contributed by atoms with van der Waals surface area (Å²) in [6, 6.07) is 8.41. The zero-order chi connectivity index (χ0) is 16.7. The van der Waals surface area contributed by atoms with E-state index >= 15 is 0 Å². The van der Waals surface area contributed by atoms with Crippen LogP contribution in [0.4, 0.5) is 11.4 Å². The number of benzene rings is 1. The summed E-state index contributed by atoms with van der Waals surface area (Å²) < 4.78 is 0. The number of hydrogen-bond donors (Lipinski definition) is 3. The van der Waals surface area contributed by atoms with E-state index in [1.807, 2.05) is 12.1 Å². The molecule has 0 amide bonds. The highest BCUT2D eigenvalue weighted by Crippen LogP contribution is 2.25. The van der Waals surface area contributed by atoms with Crippen LogP contribution >= 0.6 is 12.2 Å². The van der Waals surface area contributed by atoms with Gasteiger partial charge in [0.05, 0.1) is 11.1 Å². The molecule has 0 saturated heterocycles. The number of nitrogens with one attached hydrogen (secondary N) is 2. The number of nitrogens with two attached hydrogens (primary N) is 1. The van der Waals surface area contributed by atoms with Crippen LogP contribution in [-0.4, -0.2) is 21.2 Å². The summed E-state index contributed by atoms with van der Waals surface area (Å²) in [5, 5.41) is 18.1. The monoisotopic (exact) mass is 330 g/mol. The van der Waals surface area contributed by atoms with Gasteiger partial charge in [-0.2, -0.15) is 5.10 Å². The van der Waals surface area contributed by atoms with E-state index in [9.17, 15) is 10.1 Å². The lowest BCUT2D eigenvalue weighted by Gasteiger charge is -2.07. The van der Waals surface area contributed by atoms with Gasteiger partial charge in [-0.1, -0.05) is 6.07 Å². The second kappa shape index (κ2) is 7.80. The van der Waals surface area contributed by atoms with Gasteiger partial charge >= 0.3 is 0 Å². The second-order valence-corrected chi connectivity index (χ2v) is 4.92. The highest BCUT2D eigenvalue weighted by molar-refractivity contribution is 7.80. The number of nitrogens with zero attached hydrogens (tertiary/aromatic N) is 3. The van der Waals surface area contributed by atoms with Crippen molar-refractivity contribution in [3.63, 3.8) is 0 Å². The average molecular weight is 330 g/mol. The van der Waals surface area contributed by atoms with Crippen LogP contribution in [0.25, 0.3) is 0 Å². The Morgan fingerprint density at radius 1 is 1.39 bits per heavy atom. The molecule has 23 heavy (non-hydrogen) atoms. The van der Waals surface area contributed by atoms with Crippen LogP contribution in [-0.2, 0) is 6.54 Å². The first-order valence-electron chi connectivity index (χ1n) is 6.56. The molecule has 1 aromatic carbocycles. The summed E-state index contributed by atoms with van der Waals surface area (Å²) in [5.41, 5.74) is 9.53. The third-order valence-electron chi connectivity index (χ3n) is 2.84. The van der Waals surface area contributed by atoms with Gasteiger partial charge < -0.3 is 11.1 Å². The van der Waals surface area contributed by atoms with E-state index in [2.05, 4.69) is 33.0 Å². The quantitative estimate of drug-likeness (QED) is 0.320. The Morgan fingerprint density at radius 3 is 2.78 bits per heavy atom. The van der Waals surface area contributed by atoms with Crippen LogP contribution < -0.4 is 16.5 Å². The molecule has 1 heterocycles. The van der Waals surface area contributed by atoms with E-state index in [-0.39, 0.29) is 10.8 Å². The first-order chi connectivity index (χ1) is 11.1. The Balaban J connectivity index is 2.14. The lowest BCUT2D eigenvalue weighted by Crippen LogP contribution is -2.23. The number of thiocarbonyl (C=S) groups is 1. The molecule has 0 radical (unpaired) electrons. The summed E-state index contributed by atoms with van der Waals surface area (Å²) >= 11 is 4.61. The lowest BCUT2D eigenvalue weighted by molar-refractivity contribution is -0.384. The van der Waals surface area contributed by atoms with Crippen LogP contribution in [0, 0.1) is 10.1 Å². The number of nitro groups is 1. The van der Waals surface area contributed by atoms with E-state index in [1.165, 1.54) is 12.3 Å². The van der Waals surface area contributed by atoms with Crippen molar-refractivity contribution in [3.8, 4) is 0 Å². The summed E-state index contributed by atoms with van der Waals surface area (Å²) in [7, 11) is 0. The summed E-state index contributed by atoms with van der Waals surface area (Å²) in [6.45, 7) is 0.458. The number of hydrogen-bond acceptors (Lipinski definition) is 6. The zero-order valence-electron chi connectivity index (χ0n) is 12.0. The van der Waals surface area contributed by atoms with Crippen molar-refractivity contribution in [2.24, 2.45) is 10.8 Å². The van der Waals surface area contributed by atoms with E-state index in [0.717, 1.165) is 5.56 Å². The third kappa shape index (κ3) is 5.00. The van der Waals surface area contributed by atoms with Gasteiger partial charge in [0.25, 0.3) is 5.69 Å². The lowest BCUT2D eigenvalue weighted by atomic mass is 10.1. The maximum Gasteiger partial charge on any atom is 0.292 e. The van der Waals surface area contributed by atoms with Crippen molar-refractivity contribution in [2.75, 3.05) is 5.32 Å². The third-order valence-corrected chi connectivity index (χ3v) is 2.93. The van der Waals surface area contributed by atoms with Gasteiger partial charge in [-0.15, -0.1) is 0 Å². The first kappa shape index (κ1) is 16.3. The van der Waals surface area contributed by atoms with E-state index in [1.54, 1.807) is 24.5 Å². The molecule has 0 aliphatic carbocycles. The molecule has 1 aromatic heterocycles. The van der Waals surface area contributed by atoms with E-state index in [0.29, 0.717) is 17.8 Å². The zero-order valence-corrected chi connectivity index (χ0v) is 12.8. The molecule has 4 N–H and O–H groups in total. The first-order valence-corrected chi connectivity index (χ1v) is 6.97. The minimum Gasteiger partial charge on any atom is -0.375 e. The van der Waals surface area contributed by atoms with Crippen molar-refractivity contribution < 1.29 is 4.92 Å². The van der Waals surface area contributed by atoms with Gasteiger partial charge in [0, 0.05) is 30.6 Å². The normalized spacial score (nSPS) is 10.4. The SMILES string of the molecule is NC(=S)NN=Cc1ccc(NCc2ccncc2)c([N+](=O)[O-])c1. The second-order valence-electron chi connectivity index (χ2n) is 4.48. The standard InChI is InChI=1S/C14H14N6O2S/c15-14(23)19-18-9-11-1-2-12(13(7-11)20(21)22)17-8-10-3-5-16-6-4-10/h1-7,9,17H,8H2,(H3,15,19,23). The average Bonchev–Trinajstić information content (AvgIpc) is 2.54. The molecule has 8 nitrogen and oxygen atoms in total. The predicted octanol–water partition coefficient (Wildman–Crippen LogP) is 1.77. The largest absolute Gasteiger partial charge is 0.375 e. The fourth-order valence-corrected chi connectivity index (χ4v) is 1.85. The van der Waals surface area contributed by atoms with Crippen LogP contribution in [0.3, 0.4) is 0 Å². The fourth-order valence-electron chi connectivity index (χ4n) is 1.80. The molecule has 2 aromatic rings. The maximum atomic E-state index is 11.2. The highest BCUT2D eigenvalue weighted by Gasteiger charge is 2.14. The Labute approximate surface area is 137 Å². The summed E-state index contributed by atoms with van der Waals surface area (Å²) in [5.74, 6) is 0. The maximum absolute atomic E-state index is 11.2. The topological polar surface area (TPSA) is 118 Å². The van der Waals surface area contributed by atoms with Crippen molar-refractivity contribution in [3.05, 3.63) is 64.0 Å². The molecule has 0 aliphatic rings. The Kier molecular flexibility index (Phi) is 5.53. The smallest absolute Gasteiger partial charge is 0.292 e. The van der Waals surface area contributed by atoms with E-state index < -0.39 is 4.92 Å². The molecule has 0 bridgehead atoms. The Bertz CT molecular complexity index is 735. The Morgan fingerprint density at radius 2 is 2.13 bits per heavy atom. The molecule has 9 heteroatoms. The van der Waals surface area contributed by atoms with Crippen molar-refractivity contribution >= 4 is 34.9 Å². The number of aromatic nitrogens is 1. The van der Waals surface area contributed by atoms with Gasteiger partial charge in [-0.3, -0.25) is 20.5 Å². The van der Waals surface area contributed by atoms with Crippen LogP contribution in [0.15, 0.2) is 47.8 Å². The van der Waals surface area contributed by atoms with Crippen LogP contribution in [0.2, 0.25) is 0 Å². The summed E-state index contributed by atoms with van der Waals surface area (Å²) in [6.07, 6.45) is 4.73. The molecule has 0 fully saturated rings. The fraction of sp³-hybridized carbons (Fsp3) is 0.0714. The number of anilines is 1. The molecule has 118 valence electrons. The molecule has 0 atom stereocenters. The summed E-state index contributed by atoms with van der Waals surface area (Å²) in [4.78, 5) is 14.7. The molecule has 0 unspecified atom stereocenters. The van der Waals surface area contributed by atoms with Gasteiger partial charge in [-0.05, 0) is 36.0 Å². The minimum atomic E-state index is -0.451. The van der Waals surface area contributed by atoms with Gasteiger partial charge in [0.1, 0.15) is 5.69 Å².